The van der Waals surface area contributed by atoms with E-state index >= 15 is 0 Å². The molecule has 1 fully saturated rings. The van der Waals surface area contributed by atoms with Crippen molar-refractivity contribution in [2.45, 2.75) is 51.9 Å². The fourth-order valence-corrected chi connectivity index (χ4v) is 4.79. The molecule has 158 valence electrons. The first-order valence-electron chi connectivity index (χ1n) is 10.1. The molecule has 0 unspecified atom stereocenters. The number of hydrogen-bond donors (Lipinski definition) is 1. The Bertz CT molecular complexity index is 747. The number of ketones is 1. The molecule has 1 aliphatic rings. The number of rotatable bonds is 14. The topological polar surface area (TPSA) is 72.5 Å². The number of halogens is 1. The van der Waals surface area contributed by atoms with Crippen molar-refractivity contribution in [3.63, 3.8) is 0 Å². The molecule has 1 aromatic rings. The standard InChI is InChI=1S/C21H32FNO4S/c1-16(15-28(25,26)9-5-3-4-8-23-13-17(2)24)19-10-20(22)12-21(11-19)27-14-18-6-7-18/h10-12,16,18,23H,3-9,13-15H2,1-2H3/t16-/m1/s1. The van der Waals surface area contributed by atoms with Crippen molar-refractivity contribution in [1.82, 2.24) is 5.32 Å². The van der Waals surface area contributed by atoms with Gasteiger partial charge >= 0.3 is 0 Å². The first kappa shape index (κ1) is 22.8. The zero-order valence-corrected chi connectivity index (χ0v) is 17.7. The predicted molar refractivity (Wildman–Crippen MR) is 109 cm³/mol. The lowest BCUT2D eigenvalue weighted by Crippen LogP contribution is -2.22. The molecule has 0 bridgehead atoms. The van der Waals surface area contributed by atoms with E-state index in [-0.39, 0.29) is 23.2 Å². The van der Waals surface area contributed by atoms with E-state index < -0.39 is 15.7 Å². The van der Waals surface area contributed by atoms with Crippen LogP contribution in [0, 0.1) is 11.7 Å². The Kier molecular flexibility index (Phi) is 8.89. The molecule has 0 heterocycles. The van der Waals surface area contributed by atoms with Gasteiger partial charge in [-0.3, -0.25) is 4.79 Å². The maximum absolute atomic E-state index is 13.9. The summed E-state index contributed by atoms with van der Waals surface area (Å²) in [6.45, 7) is 5.00. The normalized spacial score (nSPS) is 15.4. The molecule has 0 radical (unpaired) electrons. The van der Waals surface area contributed by atoms with Crippen LogP contribution >= 0.6 is 0 Å². The van der Waals surface area contributed by atoms with E-state index in [1.54, 1.807) is 6.07 Å². The van der Waals surface area contributed by atoms with Crippen molar-refractivity contribution in [1.29, 1.82) is 0 Å². The van der Waals surface area contributed by atoms with Crippen LogP contribution < -0.4 is 10.1 Å². The van der Waals surface area contributed by atoms with E-state index in [0.717, 1.165) is 25.7 Å². The molecule has 1 aliphatic carbocycles. The van der Waals surface area contributed by atoms with Gasteiger partial charge in [0.15, 0.2) is 9.84 Å². The van der Waals surface area contributed by atoms with Crippen LogP contribution in [0.25, 0.3) is 0 Å². The molecule has 1 aromatic carbocycles. The van der Waals surface area contributed by atoms with Crippen LogP contribution in [0.3, 0.4) is 0 Å². The number of nitrogens with one attached hydrogen (secondary N) is 1. The second-order valence-corrected chi connectivity index (χ2v) is 10.2. The molecule has 0 saturated heterocycles. The van der Waals surface area contributed by atoms with Gasteiger partial charge < -0.3 is 10.1 Å². The number of sulfone groups is 1. The number of carbonyl (C=O) groups excluding carboxylic acids is 1. The predicted octanol–water partition coefficient (Wildman–Crippen LogP) is 3.48. The van der Waals surface area contributed by atoms with Crippen molar-refractivity contribution in [3.05, 3.63) is 29.6 Å². The molecule has 28 heavy (non-hydrogen) atoms. The van der Waals surface area contributed by atoms with E-state index in [9.17, 15) is 17.6 Å². The number of carbonyl (C=O) groups is 1. The third-order valence-electron chi connectivity index (χ3n) is 4.83. The quantitative estimate of drug-likeness (QED) is 0.473. The van der Waals surface area contributed by atoms with Gasteiger partial charge in [-0.15, -0.1) is 0 Å². The number of ether oxygens (including phenoxy) is 1. The van der Waals surface area contributed by atoms with Gasteiger partial charge in [-0.1, -0.05) is 13.3 Å². The highest BCUT2D eigenvalue weighted by Crippen LogP contribution is 2.30. The van der Waals surface area contributed by atoms with E-state index in [0.29, 0.717) is 43.3 Å². The highest BCUT2D eigenvalue weighted by Gasteiger charge is 2.23. The molecule has 0 spiro atoms. The van der Waals surface area contributed by atoms with Crippen molar-refractivity contribution < 1.29 is 22.3 Å². The van der Waals surface area contributed by atoms with Gasteiger partial charge in [0.25, 0.3) is 0 Å². The Morgan fingerprint density at radius 1 is 1.25 bits per heavy atom. The van der Waals surface area contributed by atoms with E-state index in [1.807, 2.05) is 6.92 Å². The molecule has 0 aliphatic heterocycles. The minimum Gasteiger partial charge on any atom is -0.493 e. The summed E-state index contributed by atoms with van der Waals surface area (Å²) in [4.78, 5) is 10.8. The summed E-state index contributed by atoms with van der Waals surface area (Å²) >= 11 is 0. The molecular weight excluding hydrogens is 381 g/mol. The summed E-state index contributed by atoms with van der Waals surface area (Å²) in [6, 6.07) is 4.50. The molecule has 1 N–H and O–H groups in total. The van der Waals surface area contributed by atoms with Crippen LogP contribution in [0.4, 0.5) is 4.39 Å². The highest BCUT2D eigenvalue weighted by atomic mass is 32.2. The molecule has 1 saturated carbocycles. The van der Waals surface area contributed by atoms with Gasteiger partial charge in [-0.05, 0) is 68.7 Å². The van der Waals surface area contributed by atoms with Crippen LogP contribution in [0.1, 0.15) is 57.4 Å². The van der Waals surface area contributed by atoms with Crippen molar-refractivity contribution in [2.24, 2.45) is 5.92 Å². The monoisotopic (exact) mass is 413 g/mol. The number of benzene rings is 1. The lowest BCUT2D eigenvalue weighted by molar-refractivity contribution is -0.116. The second-order valence-electron chi connectivity index (χ2n) is 7.93. The van der Waals surface area contributed by atoms with Gasteiger partial charge in [0.2, 0.25) is 0 Å². The molecule has 2 rings (SSSR count). The average Bonchev–Trinajstić information content (AvgIpc) is 3.42. The summed E-state index contributed by atoms with van der Waals surface area (Å²) in [7, 11) is -3.21. The van der Waals surface area contributed by atoms with Crippen molar-refractivity contribution in [3.8, 4) is 5.75 Å². The first-order chi connectivity index (χ1) is 13.2. The summed E-state index contributed by atoms with van der Waals surface area (Å²) in [6.07, 6.45) is 4.53. The van der Waals surface area contributed by atoms with Gasteiger partial charge in [-0.25, -0.2) is 12.8 Å². The van der Waals surface area contributed by atoms with E-state index in [4.69, 9.17) is 4.74 Å². The Morgan fingerprint density at radius 2 is 2.00 bits per heavy atom. The smallest absolute Gasteiger partial charge is 0.150 e. The minimum absolute atomic E-state index is 0.00110. The average molecular weight is 414 g/mol. The third-order valence-corrected chi connectivity index (χ3v) is 6.75. The van der Waals surface area contributed by atoms with Crippen LogP contribution in [0.2, 0.25) is 0 Å². The molecule has 0 aromatic heterocycles. The Labute approximate surface area is 168 Å². The minimum atomic E-state index is -3.21. The maximum atomic E-state index is 13.9. The number of Topliss-reactive ketones (excluding diaryl/α,β-unsaturated/α-hetero) is 1. The SMILES string of the molecule is CC(=O)CNCCCCCS(=O)(=O)C[C@@H](C)c1cc(F)cc(OCC2CC2)c1. The van der Waals surface area contributed by atoms with Gasteiger partial charge in [-0.2, -0.15) is 0 Å². The van der Waals surface area contributed by atoms with Gasteiger partial charge in [0, 0.05) is 6.07 Å². The molecule has 1 atom stereocenters. The second kappa shape index (κ2) is 10.9. The van der Waals surface area contributed by atoms with Crippen LogP contribution in [-0.2, 0) is 14.6 Å². The number of hydrogen-bond acceptors (Lipinski definition) is 5. The molecule has 0 amide bonds. The van der Waals surface area contributed by atoms with E-state index in [1.165, 1.54) is 19.1 Å². The van der Waals surface area contributed by atoms with Crippen LogP contribution in [-0.4, -0.2) is 45.4 Å². The maximum Gasteiger partial charge on any atom is 0.150 e. The summed E-state index contributed by atoms with van der Waals surface area (Å²) in [5, 5.41) is 3.02. The molecular formula is C21H32FNO4S. The van der Waals surface area contributed by atoms with Crippen molar-refractivity contribution >= 4 is 15.6 Å². The van der Waals surface area contributed by atoms with Crippen LogP contribution in [0.15, 0.2) is 18.2 Å². The Balaban J connectivity index is 1.76. The first-order valence-corrected chi connectivity index (χ1v) is 11.9. The van der Waals surface area contributed by atoms with Gasteiger partial charge in [0.05, 0.1) is 24.7 Å². The van der Waals surface area contributed by atoms with E-state index in [2.05, 4.69) is 5.32 Å². The summed E-state index contributed by atoms with van der Waals surface area (Å²) < 4.78 is 44.3. The fraction of sp³-hybridized carbons (Fsp3) is 0.667. The van der Waals surface area contributed by atoms with Crippen molar-refractivity contribution in [2.75, 3.05) is 31.2 Å². The summed E-state index contributed by atoms with van der Waals surface area (Å²) in [5.41, 5.74) is 0.655. The zero-order valence-electron chi connectivity index (χ0n) is 16.9. The molecule has 5 nitrogen and oxygen atoms in total. The lowest BCUT2D eigenvalue weighted by atomic mass is 10.0. The Hall–Kier alpha value is -1.47. The lowest BCUT2D eigenvalue weighted by Gasteiger charge is -2.15. The Morgan fingerprint density at radius 3 is 2.68 bits per heavy atom. The largest absolute Gasteiger partial charge is 0.493 e. The highest BCUT2D eigenvalue weighted by molar-refractivity contribution is 7.91. The number of unbranched alkanes of at least 4 members (excludes halogenated alkanes) is 2. The van der Waals surface area contributed by atoms with Gasteiger partial charge in [0.1, 0.15) is 17.3 Å². The fourth-order valence-electron chi connectivity index (χ4n) is 3.02. The van der Waals surface area contributed by atoms with Crippen LogP contribution in [0.5, 0.6) is 5.75 Å². The summed E-state index contributed by atoms with van der Waals surface area (Å²) in [5.74, 6) is 0.583. The molecule has 7 heteroatoms. The zero-order chi connectivity index (χ0) is 20.6. The third kappa shape index (κ3) is 9.15.